The Labute approximate surface area is 187 Å². The number of carboxylic acid groups (broad SMARTS) is 1. The number of rotatable bonds is 2. The first kappa shape index (κ1) is 19.2. The number of hydrogen-bond donors (Lipinski definition) is 1. The molecule has 32 heavy (non-hydrogen) atoms. The van der Waals surface area contributed by atoms with Gasteiger partial charge in [-0.25, -0.2) is 9.29 Å². The highest BCUT2D eigenvalue weighted by Crippen LogP contribution is 2.64. The van der Waals surface area contributed by atoms with Gasteiger partial charge in [-0.15, -0.1) is 0 Å². The summed E-state index contributed by atoms with van der Waals surface area (Å²) in [5, 5.41) is 10.4. The van der Waals surface area contributed by atoms with Crippen LogP contribution in [0.2, 0.25) is 5.02 Å². The molecule has 1 aliphatic heterocycles. The van der Waals surface area contributed by atoms with Crippen molar-refractivity contribution in [2.24, 2.45) is 11.8 Å². The predicted octanol–water partition coefficient (Wildman–Crippen LogP) is 4.11. The quantitative estimate of drug-likeness (QED) is 0.600. The lowest BCUT2D eigenvalue weighted by molar-refractivity contribution is -0.149. The molecule has 1 saturated heterocycles. The Bertz CT molecular complexity index is 1320. The van der Waals surface area contributed by atoms with Crippen LogP contribution in [0, 0.1) is 17.7 Å². The van der Waals surface area contributed by atoms with Gasteiger partial charge in [-0.05, 0) is 40.5 Å². The second kappa shape index (κ2) is 6.26. The van der Waals surface area contributed by atoms with Crippen molar-refractivity contribution in [3.63, 3.8) is 0 Å². The summed E-state index contributed by atoms with van der Waals surface area (Å²) in [6.45, 7) is 0. The van der Waals surface area contributed by atoms with Crippen LogP contribution in [0.15, 0.2) is 66.7 Å². The minimum absolute atomic E-state index is 0.133. The molecule has 0 radical (unpaired) electrons. The average Bonchev–Trinajstić information content (AvgIpc) is 3.06. The zero-order valence-corrected chi connectivity index (χ0v) is 17.2. The number of carbonyl (C=O) groups excluding carboxylic acids is 2. The molecule has 0 aromatic heterocycles. The van der Waals surface area contributed by atoms with Crippen molar-refractivity contribution >= 4 is 35.1 Å². The number of amides is 2. The van der Waals surface area contributed by atoms with E-state index in [0.717, 1.165) is 22.1 Å². The first-order chi connectivity index (χ1) is 15.4. The topological polar surface area (TPSA) is 74.7 Å². The first-order valence-corrected chi connectivity index (χ1v) is 10.5. The van der Waals surface area contributed by atoms with Crippen LogP contribution in [0.4, 0.5) is 10.1 Å². The molecular formula is C25H15ClFNO4. The number of hydrogen-bond acceptors (Lipinski definition) is 3. The number of imide groups is 1. The van der Waals surface area contributed by atoms with Gasteiger partial charge in [0.25, 0.3) is 0 Å². The zero-order chi connectivity index (χ0) is 22.4. The molecule has 1 heterocycles. The van der Waals surface area contributed by atoms with Crippen molar-refractivity contribution in [3.05, 3.63) is 99.8 Å². The average molecular weight is 448 g/mol. The molecule has 2 bridgehead atoms. The van der Waals surface area contributed by atoms with Crippen LogP contribution in [-0.2, 0) is 19.8 Å². The summed E-state index contributed by atoms with van der Waals surface area (Å²) in [5.74, 6) is -5.41. The van der Waals surface area contributed by atoms with Crippen LogP contribution in [0.1, 0.15) is 28.2 Å². The van der Waals surface area contributed by atoms with Gasteiger partial charge >= 0.3 is 5.97 Å². The molecule has 3 aliphatic carbocycles. The van der Waals surface area contributed by atoms with E-state index in [0.29, 0.717) is 11.1 Å². The van der Waals surface area contributed by atoms with Gasteiger partial charge in [0.1, 0.15) is 11.2 Å². The number of halogens is 2. The van der Waals surface area contributed by atoms with E-state index in [1.807, 2.05) is 24.3 Å². The van der Waals surface area contributed by atoms with Gasteiger partial charge in [-0.2, -0.15) is 0 Å². The molecule has 1 N–H and O–H groups in total. The number of benzene rings is 3. The van der Waals surface area contributed by atoms with Crippen molar-refractivity contribution in [1.29, 1.82) is 0 Å². The molecule has 0 unspecified atom stereocenters. The predicted molar refractivity (Wildman–Crippen MR) is 114 cm³/mol. The molecule has 2 amide bonds. The maximum atomic E-state index is 13.8. The summed E-state index contributed by atoms with van der Waals surface area (Å²) in [7, 11) is 0. The van der Waals surface area contributed by atoms with Gasteiger partial charge in [-0.3, -0.25) is 14.4 Å². The lowest BCUT2D eigenvalue weighted by Crippen LogP contribution is -2.57. The van der Waals surface area contributed by atoms with Crippen LogP contribution in [0.5, 0.6) is 0 Å². The van der Waals surface area contributed by atoms with Gasteiger partial charge in [0.15, 0.2) is 0 Å². The van der Waals surface area contributed by atoms with Crippen molar-refractivity contribution in [2.45, 2.75) is 11.3 Å². The van der Waals surface area contributed by atoms with Crippen LogP contribution < -0.4 is 4.90 Å². The Morgan fingerprint density at radius 3 is 2.09 bits per heavy atom. The Kier molecular flexibility index (Phi) is 3.76. The van der Waals surface area contributed by atoms with Crippen molar-refractivity contribution in [1.82, 2.24) is 0 Å². The Balaban J connectivity index is 1.66. The molecular weight excluding hydrogens is 433 g/mol. The SMILES string of the molecule is O=C1[C@@H]2[C@@H](C(=O)N1c1ccc(F)c(Cl)c1)C1c3ccccc3C2(C(=O)O)c2ccccc21. The second-order valence-electron chi connectivity index (χ2n) is 8.38. The smallest absolute Gasteiger partial charge is 0.319 e. The molecule has 0 saturated carbocycles. The number of nitrogens with zero attached hydrogens (tertiary/aromatic N) is 1. The Morgan fingerprint density at radius 2 is 1.53 bits per heavy atom. The Hall–Kier alpha value is -3.51. The summed E-state index contributed by atoms with van der Waals surface area (Å²) in [5.41, 5.74) is 1.01. The van der Waals surface area contributed by atoms with E-state index in [4.69, 9.17) is 11.6 Å². The monoisotopic (exact) mass is 447 g/mol. The maximum absolute atomic E-state index is 13.8. The van der Waals surface area contributed by atoms with Crippen molar-refractivity contribution in [2.75, 3.05) is 4.90 Å². The highest BCUT2D eigenvalue weighted by Gasteiger charge is 2.71. The summed E-state index contributed by atoms with van der Waals surface area (Å²) < 4.78 is 13.7. The summed E-state index contributed by atoms with van der Waals surface area (Å²) in [6.07, 6.45) is 0. The van der Waals surface area contributed by atoms with E-state index in [2.05, 4.69) is 0 Å². The standard InChI is InChI=1S/C25H15ClFNO4/c26-17-11-12(9-10-18(17)27)28-22(29)20-19-13-5-1-3-7-15(13)25(24(31)32,21(20)23(28)30)16-8-4-2-6-14(16)19/h1-11,19-21H,(H,31,32)/t19?,20-,21-,25?/m0/s1. The van der Waals surface area contributed by atoms with E-state index in [9.17, 15) is 23.9 Å². The van der Waals surface area contributed by atoms with E-state index in [1.165, 1.54) is 12.1 Å². The second-order valence-corrected chi connectivity index (χ2v) is 8.79. The van der Waals surface area contributed by atoms with E-state index >= 15 is 0 Å². The van der Waals surface area contributed by atoms with Crippen LogP contribution in [0.25, 0.3) is 0 Å². The van der Waals surface area contributed by atoms with E-state index in [-0.39, 0.29) is 10.7 Å². The van der Waals surface area contributed by atoms with Crippen LogP contribution >= 0.6 is 11.6 Å². The fourth-order valence-electron chi connectivity index (χ4n) is 6.01. The van der Waals surface area contributed by atoms with Gasteiger partial charge in [0, 0.05) is 5.92 Å². The third-order valence-electron chi connectivity index (χ3n) is 7.12. The summed E-state index contributed by atoms with van der Waals surface area (Å²) >= 11 is 5.92. The zero-order valence-electron chi connectivity index (χ0n) is 16.5. The highest BCUT2D eigenvalue weighted by molar-refractivity contribution is 6.32. The van der Waals surface area contributed by atoms with Gasteiger partial charge in [0.2, 0.25) is 11.8 Å². The minimum Gasteiger partial charge on any atom is -0.480 e. The minimum atomic E-state index is -1.70. The molecule has 2 atom stereocenters. The maximum Gasteiger partial charge on any atom is 0.319 e. The lowest BCUT2D eigenvalue weighted by Gasteiger charge is -2.51. The fourth-order valence-corrected chi connectivity index (χ4v) is 6.19. The normalized spacial score (nSPS) is 27.2. The number of carboxylic acids is 1. The number of carbonyl (C=O) groups is 3. The molecule has 0 spiro atoms. The Morgan fingerprint density at radius 1 is 0.938 bits per heavy atom. The van der Waals surface area contributed by atoms with Crippen LogP contribution in [0.3, 0.4) is 0 Å². The van der Waals surface area contributed by atoms with E-state index < -0.39 is 46.8 Å². The fraction of sp³-hybridized carbons (Fsp3) is 0.160. The van der Waals surface area contributed by atoms with Gasteiger partial charge in [-0.1, -0.05) is 60.1 Å². The summed E-state index contributed by atoms with van der Waals surface area (Å²) in [4.78, 5) is 41.5. The van der Waals surface area contributed by atoms with Gasteiger partial charge < -0.3 is 5.11 Å². The largest absolute Gasteiger partial charge is 0.480 e. The number of anilines is 1. The molecule has 158 valence electrons. The van der Waals surface area contributed by atoms with Crippen molar-refractivity contribution < 1.29 is 23.9 Å². The summed E-state index contributed by atoms with van der Waals surface area (Å²) in [6, 6.07) is 17.9. The molecule has 1 fully saturated rings. The molecule has 4 aliphatic rings. The van der Waals surface area contributed by atoms with Crippen molar-refractivity contribution in [3.8, 4) is 0 Å². The first-order valence-electron chi connectivity index (χ1n) is 10.1. The number of aliphatic carboxylic acids is 1. The lowest BCUT2D eigenvalue weighted by atomic mass is 9.47. The molecule has 3 aromatic rings. The molecule has 3 aromatic carbocycles. The van der Waals surface area contributed by atoms with Gasteiger partial charge in [0.05, 0.1) is 22.5 Å². The van der Waals surface area contributed by atoms with E-state index in [1.54, 1.807) is 24.3 Å². The molecule has 5 nitrogen and oxygen atoms in total. The molecule has 7 heteroatoms. The third-order valence-corrected chi connectivity index (χ3v) is 7.41. The molecule has 7 rings (SSSR count). The third kappa shape index (κ3) is 2.06. The highest BCUT2D eigenvalue weighted by atomic mass is 35.5. The van der Waals surface area contributed by atoms with Crippen LogP contribution in [-0.4, -0.2) is 22.9 Å².